The molecule has 0 atom stereocenters. The van der Waals surface area contributed by atoms with Gasteiger partial charge >= 0.3 is 0 Å². The molecule has 0 aliphatic heterocycles. The lowest BCUT2D eigenvalue weighted by Crippen LogP contribution is -2.12. The Morgan fingerprint density at radius 1 is 1.33 bits per heavy atom. The zero-order chi connectivity index (χ0) is 12.5. The molecule has 3 nitrogen and oxygen atoms in total. The van der Waals surface area contributed by atoms with E-state index in [-0.39, 0.29) is 5.56 Å². The quantitative estimate of drug-likeness (QED) is 0.877. The van der Waals surface area contributed by atoms with E-state index in [1.165, 1.54) is 31.2 Å². The van der Waals surface area contributed by atoms with Crippen LogP contribution >= 0.6 is 0 Å². The van der Waals surface area contributed by atoms with Gasteiger partial charge in [-0.15, -0.1) is 0 Å². The lowest BCUT2D eigenvalue weighted by molar-refractivity contribution is 0.420. The summed E-state index contributed by atoms with van der Waals surface area (Å²) in [6, 6.07) is 8.44. The molecule has 92 valence electrons. The first-order chi connectivity index (χ1) is 8.75. The summed E-state index contributed by atoms with van der Waals surface area (Å²) < 4.78 is 0. The standard InChI is InChI=1S/C15H16N2O/c1-10-14(16-9-17-15(10)18)13-7-3-6-12(8-13)11-4-2-5-11/h3,6-9,11H,2,4-5H2,1H3,(H,16,17,18). The van der Waals surface area contributed by atoms with Crippen LogP contribution in [0, 0.1) is 6.92 Å². The molecule has 1 fully saturated rings. The van der Waals surface area contributed by atoms with Crippen LogP contribution in [0.25, 0.3) is 11.3 Å². The molecule has 1 aromatic carbocycles. The monoisotopic (exact) mass is 240 g/mol. The van der Waals surface area contributed by atoms with Gasteiger partial charge in [0.15, 0.2) is 0 Å². The zero-order valence-corrected chi connectivity index (χ0v) is 10.4. The molecule has 0 spiro atoms. The van der Waals surface area contributed by atoms with E-state index in [0.29, 0.717) is 11.5 Å². The maximum atomic E-state index is 11.6. The summed E-state index contributed by atoms with van der Waals surface area (Å²) in [5, 5.41) is 0. The first-order valence-electron chi connectivity index (χ1n) is 6.40. The topological polar surface area (TPSA) is 45.8 Å². The number of nitrogens with zero attached hydrogens (tertiary/aromatic N) is 1. The Hall–Kier alpha value is -1.90. The molecule has 0 saturated heterocycles. The van der Waals surface area contributed by atoms with Crippen LogP contribution in [-0.4, -0.2) is 9.97 Å². The van der Waals surface area contributed by atoms with Gasteiger partial charge in [-0.25, -0.2) is 4.98 Å². The van der Waals surface area contributed by atoms with Crippen molar-refractivity contribution in [1.82, 2.24) is 9.97 Å². The molecule has 1 aromatic heterocycles. The van der Waals surface area contributed by atoms with E-state index in [1.807, 2.05) is 13.0 Å². The third-order valence-electron chi connectivity index (χ3n) is 3.82. The van der Waals surface area contributed by atoms with Crippen LogP contribution in [0.2, 0.25) is 0 Å². The van der Waals surface area contributed by atoms with Gasteiger partial charge in [0.05, 0.1) is 12.0 Å². The van der Waals surface area contributed by atoms with Crippen LogP contribution in [-0.2, 0) is 0 Å². The minimum Gasteiger partial charge on any atom is -0.313 e. The van der Waals surface area contributed by atoms with Crippen LogP contribution in [0.3, 0.4) is 0 Å². The fourth-order valence-electron chi connectivity index (χ4n) is 2.44. The summed E-state index contributed by atoms with van der Waals surface area (Å²) in [6.07, 6.45) is 5.37. The Bertz CT molecular complexity index is 626. The van der Waals surface area contributed by atoms with Gasteiger partial charge < -0.3 is 4.98 Å². The summed E-state index contributed by atoms with van der Waals surface area (Å²) in [6.45, 7) is 1.82. The average molecular weight is 240 g/mol. The number of nitrogens with one attached hydrogen (secondary N) is 1. The van der Waals surface area contributed by atoms with Gasteiger partial charge in [-0.2, -0.15) is 0 Å². The SMILES string of the molecule is Cc1c(-c2cccc(C3CCC3)c2)nc[nH]c1=O. The Kier molecular flexibility index (Phi) is 2.74. The van der Waals surface area contributed by atoms with Crippen LogP contribution in [0.15, 0.2) is 35.4 Å². The number of hydrogen-bond donors (Lipinski definition) is 1. The highest BCUT2D eigenvalue weighted by atomic mass is 16.1. The first kappa shape index (κ1) is 11.2. The Morgan fingerprint density at radius 3 is 2.89 bits per heavy atom. The number of benzene rings is 1. The van der Waals surface area contributed by atoms with Crippen LogP contribution < -0.4 is 5.56 Å². The minimum atomic E-state index is -0.0611. The molecule has 1 aliphatic carbocycles. The molecule has 1 aliphatic rings. The number of hydrogen-bond acceptors (Lipinski definition) is 2. The van der Waals surface area contributed by atoms with Crippen molar-refractivity contribution < 1.29 is 0 Å². The molecular formula is C15H16N2O. The first-order valence-corrected chi connectivity index (χ1v) is 6.40. The Morgan fingerprint density at radius 2 is 2.17 bits per heavy atom. The summed E-state index contributed by atoms with van der Waals surface area (Å²) in [5.41, 5.74) is 3.83. The lowest BCUT2D eigenvalue weighted by Gasteiger charge is -2.26. The molecule has 0 bridgehead atoms. The molecule has 0 unspecified atom stereocenters. The number of H-pyrrole nitrogens is 1. The molecule has 1 saturated carbocycles. The summed E-state index contributed by atoms with van der Waals surface area (Å²) in [5.74, 6) is 0.701. The van der Waals surface area contributed by atoms with Crippen molar-refractivity contribution in [3.05, 3.63) is 52.1 Å². The van der Waals surface area contributed by atoms with E-state index < -0.39 is 0 Å². The van der Waals surface area contributed by atoms with Crippen molar-refractivity contribution in [2.75, 3.05) is 0 Å². The van der Waals surface area contributed by atoms with E-state index in [2.05, 4.69) is 28.2 Å². The highest BCUT2D eigenvalue weighted by molar-refractivity contribution is 5.63. The Balaban J connectivity index is 2.05. The fraction of sp³-hybridized carbons (Fsp3) is 0.333. The van der Waals surface area contributed by atoms with Gasteiger partial charge in [-0.3, -0.25) is 4.79 Å². The normalized spacial score (nSPS) is 15.4. The molecule has 0 amide bonds. The van der Waals surface area contributed by atoms with Crippen molar-refractivity contribution in [3.63, 3.8) is 0 Å². The fourth-order valence-corrected chi connectivity index (χ4v) is 2.44. The van der Waals surface area contributed by atoms with Gasteiger partial charge in [0.2, 0.25) is 0 Å². The molecule has 0 radical (unpaired) electrons. The van der Waals surface area contributed by atoms with Crippen molar-refractivity contribution in [3.8, 4) is 11.3 Å². The molecule has 3 heteroatoms. The van der Waals surface area contributed by atoms with Crippen molar-refractivity contribution in [2.45, 2.75) is 32.1 Å². The van der Waals surface area contributed by atoms with Gasteiger partial charge in [-0.05, 0) is 37.3 Å². The maximum absolute atomic E-state index is 11.6. The van der Waals surface area contributed by atoms with Gasteiger partial charge in [0.1, 0.15) is 0 Å². The minimum absolute atomic E-state index is 0.0611. The maximum Gasteiger partial charge on any atom is 0.254 e. The second-order valence-electron chi connectivity index (χ2n) is 4.96. The Labute approximate surface area is 106 Å². The predicted octanol–water partition coefficient (Wildman–Crippen LogP) is 3.01. The van der Waals surface area contributed by atoms with Crippen LogP contribution in [0.1, 0.15) is 36.3 Å². The van der Waals surface area contributed by atoms with E-state index in [1.54, 1.807) is 0 Å². The largest absolute Gasteiger partial charge is 0.313 e. The number of rotatable bonds is 2. The van der Waals surface area contributed by atoms with E-state index in [9.17, 15) is 4.79 Å². The number of aromatic nitrogens is 2. The smallest absolute Gasteiger partial charge is 0.254 e. The second-order valence-corrected chi connectivity index (χ2v) is 4.96. The van der Waals surface area contributed by atoms with Gasteiger partial charge in [-0.1, -0.05) is 24.6 Å². The van der Waals surface area contributed by atoms with Crippen molar-refractivity contribution in [2.24, 2.45) is 0 Å². The highest BCUT2D eigenvalue weighted by Gasteiger charge is 2.19. The molecule has 18 heavy (non-hydrogen) atoms. The van der Waals surface area contributed by atoms with Crippen LogP contribution in [0.4, 0.5) is 0 Å². The predicted molar refractivity (Wildman–Crippen MR) is 71.6 cm³/mol. The molecule has 3 rings (SSSR count). The van der Waals surface area contributed by atoms with E-state index >= 15 is 0 Å². The summed E-state index contributed by atoms with van der Waals surface area (Å²) in [4.78, 5) is 18.5. The summed E-state index contributed by atoms with van der Waals surface area (Å²) >= 11 is 0. The third-order valence-corrected chi connectivity index (χ3v) is 3.82. The molecule has 1 N–H and O–H groups in total. The van der Waals surface area contributed by atoms with E-state index in [4.69, 9.17) is 0 Å². The molecule has 1 heterocycles. The number of aromatic amines is 1. The lowest BCUT2D eigenvalue weighted by atomic mass is 9.79. The molecular weight excluding hydrogens is 224 g/mol. The molecule has 2 aromatic rings. The van der Waals surface area contributed by atoms with Gasteiger partial charge in [0, 0.05) is 11.1 Å². The summed E-state index contributed by atoms with van der Waals surface area (Å²) in [7, 11) is 0. The second kappa shape index (κ2) is 4.41. The highest BCUT2D eigenvalue weighted by Crippen LogP contribution is 2.37. The average Bonchev–Trinajstić information content (AvgIpc) is 2.31. The third kappa shape index (κ3) is 1.86. The van der Waals surface area contributed by atoms with Crippen molar-refractivity contribution >= 4 is 0 Å². The van der Waals surface area contributed by atoms with E-state index in [0.717, 1.165) is 11.3 Å². The van der Waals surface area contributed by atoms with Gasteiger partial charge in [0.25, 0.3) is 5.56 Å². The zero-order valence-electron chi connectivity index (χ0n) is 10.4. The van der Waals surface area contributed by atoms with Crippen LogP contribution in [0.5, 0.6) is 0 Å². The van der Waals surface area contributed by atoms with Crippen molar-refractivity contribution in [1.29, 1.82) is 0 Å².